The first-order valence-electron chi connectivity index (χ1n) is 2.03. The molecule has 0 fully saturated rings. The van der Waals surface area contributed by atoms with Gasteiger partial charge in [0.2, 0.25) is 0 Å². The van der Waals surface area contributed by atoms with Crippen LogP contribution in [0.25, 0.3) is 0 Å². The van der Waals surface area contributed by atoms with E-state index in [4.69, 9.17) is 16.7 Å². The van der Waals surface area contributed by atoms with Crippen molar-refractivity contribution in [2.24, 2.45) is 0 Å². The van der Waals surface area contributed by atoms with Crippen LogP contribution in [0.2, 0.25) is 0 Å². The summed E-state index contributed by atoms with van der Waals surface area (Å²) >= 11 is 4.74. The molecule has 0 aromatic carbocycles. The second-order valence-electron chi connectivity index (χ2n) is 0.936. The molecule has 8 heavy (non-hydrogen) atoms. The number of aliphatic carboxylic acids is 1. The lowest BCUT2D eigenvalue weighted by molar-refractivity contribution is -0.134. The largest absolute Gasteiger partial charge is 0.480 e. The van der Waals surface area contributed by atoms with Crippen LogP contribution in [-0.4, -0.2) is 17.0 Å². The molecule has 0 saturated carbocycles. The molecule has 0 atom stereocenters. The Bertz CT molecular complexity index is 70.8. The van der Waals surface area contributed by atoms with Crippen molar-refractivity contribution in [2.45, 2.75) is 6.92 Å². The predicted molar refractivity (Wildman–Crippen MR) is 34.2 cm³/mol. The molecule has 0 aliphatic heterocycles. The molecule has 0 saturated heterocycles. The molecule has 48 valence electrons. The zero-order valence-electron chi connectivity index (χ0n) is 4.72. The monoisotopic (exact) mass is 136 g/mol. The average molecular weight is 137 g/mol. The molecule has 0 bridgehead atoms. The molecular weight excluding hydrogens is 128 g/mol. The summed E-state index contributed by atoms with van der Waals surface area (Å²) in [6, 6.07) is 0. The summed E-state index contributed by atoms with van der Waals surface area (Å²) in [6.45, 7) is 5.25. The average Bonchev–Trinajstić information content (AvgIpc) is 1.69. The highest BCUT2D eigenvalue weighted by atomic mass is 35.5. The Morgan fingerprint density at radius 3 is 2.12 bits per heavy atom. The van der Waals surface area contributed by atoms with Gasteiger partial charge in [0.05, 0.1) is 0 Å². The molecule has 0 aromatic rings. The van der Waals surface area contributed by atoms with Crippen LogP contribution in [0.3, 0.4) is 0 Å². The van der Waals surface area contributed by atoms with Gasteiger partial charge < -0.3 is 5.11 Å². The van der Waals surface area contributed by atoms with Crippen molar-refractivity contribution in [3.8, 4) is 0 Å². The lowest BCUT2D eigenvalue weighted by atomic mass is 10.8. The Morgan fingerprint density at radius 2 is 2.12 bits per heavy atom. The fourth-order valence-corrected chi connectivity index (χ4v) is 0. The molecule has 0 aromatic heterocycles. The maximum absolute atomic E-state index is 9.24. The lowest BCUT2D eigenvalue weighted by Gasteiger charge is -1.69. The van der Waals surface area contributed by atoms with E-state index in [0.29, 0.717) is 0 Å². The van der Waals surface area contributed by atoms with E-state index in [1.165, 1.54) is 0 Å². The molecule has 0 spiro atoms. The van der Waals surface area contributed by atoms with Crippen LogP contribution in [0, 0.1) is 0 Å². The number of hydrogen-bond donors (Lipinski definition) is 1. The quantitative estimate of drug-likeness (QED) is 0.438. The van der Waals surface area contributed by atoms with Crippen molar-refractivity contribution >= 4 is 17.6 Å². The minimum Gasteiger partial charge on any atom is -0.480 e. The van der Waals surface area contributed by atoms with E-state index in [2.05, 4.69) is 6.58 Å². The van der Waals surface area contributed by atoms with Crippen LogP contribution in [0.4, 0.5) is 0 Å². The van der Waals surface area contributed by atoms with Crippen molar-refractivity contribution in [3.63, 3.8) is 0 Å². The molecule has 0 amide bonds. The molecule has 0 aliphatic rings. The summed E-state index contributed by atoms with van der Waals surface area (Å²) < 4.78 is 0. The van der Waals surface area contributed by atoms with E-state index in [1.807, 2.05) is 6.92 Å². The second kappa shape index (κ2) is 9.71. The van der Waals surface area contributed by atoms with E-state index < -0.39 is 5.97 Å². The number of carboxylic acid groups (broad SMARTS) is 1. The Kier molecular flexibility index (Phi) is 12.7. The van der Waals surface area contributed by atoms with Gasteiger partial charge in [-0.05, 0) is 6.92 Å². The number of carboxylic acids is 1. The third kappa shape index (κ3) is 49.5. The lowest BCUT2D eigenvalue weighted by Crippen LogP contribution is -1.92. The number of carbonyl (C=O) groups is 1. The zero-order valence-corrected chi connectivity index (χ0v) is 5.48. The van der Waals surface area contributed by atoms with Crippen LogP contribution in [0.5, 0.6) is 0 Å². The van der Waals surface area contributed by atoms with Crippen molar-refractivity contribution in [1.82, 2.24) is 0 Å². The van der Waals surface area contributed by atoms with Crippen molar-refractivity contribution in [2.75, 3.05) is 5.88 Å². The van der Waals surface area contributed by atoms with E-state index in [9.17, 15) is 4.79 Å². The standard InChI is InChI=1S/C3H6.C2H3ClO2/c1-3-2;3-1-2(4)5/h3H,1H2,2H3;1H2,(H,4,5). The fraction of sp³-hybridized carbons (Fsp3) is 0.400. The summed E-state index contributed by atoms with van der Waals surface area (Å²) in [4.78, 5) is 9.24. The second-order valence-corrected chi connectivity index (χ2v) is 1.20. The van der Waals surface area contributed by atoms with Gasteiger partial charge >= 0.3 is 5.97 Å². The van der Waals surface area contributed by atoms with Gasteiger partial charge in [0.1, 0.15) is 5.88 Å². The van der Waals surface area contributed by atoms with Gasteiger partial charge in [0, 0.05) is 0 Å². The predicted octanol–water partition coefficient (Wildman–Crippen LogP) is 1.50. The Hall–Kier alpha value is -0.500. The maximum Gasteiger partial charge on any atom is 0.318 e. The topological polar surface area (TPSA) is 37.3 Å². The Morgan fingerprint density at radius 1 is 2.00 bits per heavy atom. The normalized spacial score (nSPS) is 6.25. The molecule has 1 N–H and O–H groups in total. The zero-order chi connectivity index (χ0) is 6.99. The molecule has 0 heterocycles. The molecule has 3 heteroatoms. The Balaban J connectivity index is 0. The summed E-state index contributed by atoms with van der Waals surface area (Å²) in [5, 5.41) is 7.59. The molecule has 0 radical (unpaired) electrons. The van der Waals surface area contributed by atoms with Crippen molar-refractivity contribution in [1.29, 1.82) is 0 Å². The van der Waals surface area contributed by atoms with Gasteiger partial charge in [-0.1, -0.05) is 6.08 Å². The molecule has 0 rings (SSSR count). The highest BCUT2D eigenvalue weighted by Crippen LogP contribution is 1.67. The van der Waals surface area contributed by atoms with E-state index in [1.54, 1.807) is 6.08 Å². The Labute approximate surface area is 53.8 Å². The maximum atomic E-state index is 9.24. The first-order valence-corrected chi connectivity index (χ1v) is 2.57. The first kappa shape index (κ1) is 10.5. The number of alkyl halides is 1. The number of rotatable bonds is 1. The van der Waals surface area contributed by atoms with E-state index in [-0.39, 0.29) is 5.88 Å². The summed E-state index contributed by atoms with van der Waals surface area (Å²) in [6.07, 6.45) is 1.75. The SMILES string of the molecule is C=CC.O=C(O)CCl. The third-order valence-corrected chi connectivity index (χ3v) is 0.343. The summed E-state index contributed by atoms with van der Waals surface area (Å²) in [7, 11) is 0. The number of allylic oxidation sites excluding steroid dienone is 1. The van der Waals surface area contributed by atoms with Crippen molar-refractivity contribution in [3.05, 3.63) is 12.7 Å². The first-order chi connectivity index (χ1) is 3.68. The molecule has 0 unspecified atom stereocenters. The molecule has 0 aliphatic carbocycles. The smallest absolute Gasteiger partial charge is 0.318 e. The van der Waals surface area contributed by atoms with E-state index >= 15 is 0 Å². The van der Waals surface area contributed by atoms with Gasteiger partial charge in [-0.3, -0.25) is 4.79 Å². The van der Waals surface area contributed by atoms with Crippen molar-refractivity contribution < 1.29 is 9.90 Å². The molecular formula is C5H9ClO2. The molecule has 2 nitrogen and oxygen atoms in total. The van der Waals surface area contributed by atoms with Gasteiger partial charge in [-0.25, -0.2) is 0 Å². The third-order valence-electron chi connectivity index (χ3n) is 0.114. The van der Waals surface area contributed by atoms with Gasteiger partial charge in [-0.15, -0.1) is 18.2 Å². The minimum absolute atomic E-state index is 0.306. The highest BCUT2D eigenvalue weighted by Gasteiger charge is 1.83. The number of hydrogen-bond acceptors (Lipinski definition) is 1. The van der Waals surface area contributed by atoms with Crippen LogP contribution < -0.4 is 0 Å². The summed E-state index contributed by atoms with van der Waals surface area (Å²) in [5.41, 5.74) is 0. The summed E-state index contributed by atoms with van der Waals surface area (Å²) in [5.74, 6) is -1.29. The van der Waals surface area contributed by atoms with Crippen LogP contribution in [-0.2, 0) is 4.79 Å². The minimum atomic E-state index is -0.980. The van der Waals surface area contributed by atoms with Gasteiger partial charge in [0.15, 0.2) is 0 Å². The van der Waals surface area contributed by atoms with Crippen LogP contribution in [0.1, 0.15) is 6.92 Å². The van der Waals surface area contributed by atoms with Crippen LogP contribution >= 0.6 is 11.6 Å². The fourth-order valence-electron chi connectivity index (χ4n) is 0. The van der Waals surface area contributed by atoms with Crippen LogP contribution in [0.15, 0.2) is 12.7 Å². The van der Waals surface area contributed by atoms with E-state index in [0.717, 1.165) is 0 Å². The number of halogens is 1. The highest BCUT2D eigenvalue weighted by molar-refractivity contribution is 6.26. The van der Waals surface area contributed by atoms with Gasteiger partial charge in [0.25, 0.3) is 0 Å². The van der Waals surface area contributed by atoms with Gasteiger partial charge in [-0.2, -0.15) is 0 Å².